The first-order valence-corrected chi connectivity index (χ1v) is 32.1. The number of amides is 1. The van der Waals surface area contributed by atoms with E-state index in [0.29, 0.717) is 25.9 Å². The molecule has 6 nitrogen and oxygen atoms in total. The minimum Gasteiger partial charge on any atom is -0.466 e. The molecule has 0 saturated heterocycles. The molecule has 0 spiro atoms. The summed E-state index contributed by atoms with van der Waals surface area (Å²) in [4.78, 5) is 24.5. The van der Waals surface area contributed by atoms with E-state index in [9.17, 15) is 19.8 Å². The average Bonchev–Trinajstić information content (AvgIpc) is 3.37. The number of unbranched alkanes of at least 4 members (excludes halogenated alkanes) is 45. The maximum absolute atomic E-state index is 12.4. The van der Waals surface area contributed by atoms with Gasteiger partial charge < -0.3 is 20.3 Å². The lowest BCUT2D eigenvalue weighted by molar-refractivity contribution is -0.143. The van der Waals surface area contributed by atoms with Crippen LogP contribution in [0.3, 0.4) is 0 Å². The number of aliphatic hydroxyl groups excluding tert-OH is 2. The van der Waals surface area contributed by atoms with Gasteiger partial charge in [-0.05, 0) is 77.0 Å². The van der Waals surface area contributed by atoms with Crippen molar-refractivity contribution in [1.29, 1.82) is 0 Å². The maximum atomic E-state index is 12.4. The van der Waals surface area contributed by atoms with E-state index in [-0.39, 0.29) is 18.5 Å². The fourth-order valence-electron chi connectivity index (χ4n) is 10.0. The van der Waals surface area contributed by atoms with Crippen molar-refractivity contribution in [3.05, 3.63) is 24.3 Å². The summed E-state index contributed by atoms with van der Waals surface area (Å²) < 4.78 is 5.47. The van der Waals surface area contributed by atoms with Crippen LogP contribution in [-0.2, 0) is 14.3 Å². The van der Waals surface area contributed by atoms with Crippen molar-refractivity contribution in [3.63, 3.8) is 0 Å². The second-order valence-corrected chi connectivity index (χ2v) is 22.1. The van der Waals surface area contributed by atoms with E-state index in [4.69, 9.17) is 4.74 Å². The molecule has 420 valence electrons. The van der Waals surface area contributed by atoms with Crippen molar-refractivity contribution >= 4 is 11.9 Å². The molecule has 2 atom stereocenters. The van der Waals surface area contributed by atoms with Gasteiger partial charge in [0.05, 0.1) is 25.4 Å². The van der Waals surface area contributed by atoms with Crippen LogP contribution in [0.2, 0.25) is 0 Å². The zero-order valence-electron chi connectivity index (χ0n) is 48.0. The van der Waals surface area contributed by atoms with Crippen LogP contribution in [0.15, 0.2) is 24.3 Å². The maximum Gasteiger partial charge on any atom is 0.305 e. The Labute approximate surface area is 443 Å². The Bertz CT molecular complexity index is 1110. The van der Waals surface area contributed by atoms with Crippen molar-refractivity contribution in [3.8, 4) is 0 Å². The average molecular weight is 1000 g/mol. The van der Waals surface area contributed by atoms with Crippen LogP contribution in [0.4, 0.5) is 0 Å². The second kappa shape index (κ2) is 60.9. The van der Waals surface area contributed by atoms with Gasteiger partial charge in [-0.3, -0.25) is 9.59 Å². The summed E-state index contributed by atoms with van der Waals surface area (Å²) in [5.74, 6) is -0.0249. The molecule has 6 heteroatoms. The molecule has 0 aromatic carbocycles. The molecule has 0 aliphatic heterocycles. The van der Waals surface area contributed by atoms with Gasteiger partial charge >= 0.3 is 5.97 Å². The number of carbonyl (C=O) groups excluding carboxylic acids is 2. The van der Waals surface area contributed by atoms with Crippen molar-refractivity contribution in [2.24, 2.45) is 0 Å². The molecular weight excluding hydrogens is 875 g/mol. The summed E-state index contributed by atoms with van der Waals surface area (Å²) in [5, 5.41) is 23.2. The molecule has 0 aromatic heterocycles. The Balaban J connectivity index is 3.34. The first-order valence-electron chi connectivity index (χ1n) is 32.1. The summed E-state index contributed by atoms with van der Waals surface area (Å²) in [7, 11) is 0. The molecule has 0 aliphatic carbocycles. The fourth-order valence-corrected chi connectivity index (χ4v) is 10.0. The van der Waals surface area contributed by atoms with Gasteiger partial charge in [0.2, 0.25) is 5.91 Å². The highest BCUT2D eigenvalue weighted by Crippen LogP contribution is 2.18. The predicted octanol–water partition coefficient (Wildman–Crippen LogP) is 20.2. The predicted molar refractivity (Wildman–Crippen MR) is 310 cm³/mol. The molecule has 1 amide bonds. The normalized spacial score (nSPS) is 12.7. The first kappa shape index (κ1) is 69.3. The number of nitrogens with one attached hydrogen (secondary N) is 1. The quantitative estimate of drug-likeness (QED) is 0.0320. The standard InChI is InChI=1S/C65H125NO5/c1-3-5-7-9-11-13-15-39-43-47-51-55-59-65(70)71-60-56-52-48-44-40-36-34-32-30-28-26-24-22-20-18-16-17-19-21-23-25-27-29-31-33-35-38-42-46-50-54-58-64(69)66-62(61-67)63(68)57-53-49-45-41-37-14-12-10-8-6-4-2/h11,13,18,20,62-63,67-68H,3-10,12,14-17,19,21-61H2,1-2H3,(H,66,69)/b13-11-,20-18-. The minimum atomic E-state index is -0.661. The Hall–Kier alpha value is -1.66. The van der Waals surface area contributed by atoms with E-state index in [1.165, 1.54) is 276 Å². The Morgan fingerprint density at radius 2 is 0.662 bits per heavy atom. The lowest BCUT2D eigenvalue weighted by atomic mass is 10.0. The molecule has 0 rings (SSSR count). The van der Waals surface area contributed by atoms with E-state index in [1.54, 1.807) is 0 Å². The highest BCUT2D eigenvalue weighted by atomic mass is 16.5. The monoisotopic (exact) mass is 1000 g/mol. The molecule has 71 heavy (non-hydrogen) atoms. The van der Waals surface area contributed by atoms with Gasteiger partial charge in [0, 0.05) is 12.8 Å². The lowest BCUT2D eigenvalue weighted by Crippen LogP contribution is -2.45. The fraction of sp³-hybridized carbons (Fsp3) is 0.908. The highest BCUT2D eigenvalue weighted by molar-refractivity contribution is 5.76. The van der Waals surface area contributed by atoms with Crippen LogP contribution in [0.5, 0.6) is 0 Å². The topological polar surface area (TPSA) is 95.9 Å². The van der Waals surface area contributed by atoms with Crippen LogP contribution in [0, 0.1) is 0 Å². The Kier molecular flexibility index (Phi) is 59.5. The summed E-state index contributed by atoms with van der Waals surface area (Å²) >= 11 is 0. The number of hydrogen-bond donors (Lipinski definition) is 3. The third kappa shape index (κ3) is 57.5. The van der Waals surface area contributed by atoms with E-state index in [2.05, 4.69) is 43.5 Å². The Morgan fingerprint density at radius 3 is 1.03 bits per heavy atom. The third-order valence-electron chi connectivity index (χ3n) is 15.0. The van der Waals surface area contributed by atoms with Gasteiger partial charge in [-0.25, -0.2) is 0 Å². The van der Waals surface area contributed by atoms with Crippen molar-refractivity contribution in [2.45, 2.75) is 366 Å². The van der Waals surface area contributed by atoms with Crippen LogP contribution in [0.25, 0.3) is 0 Å². The molecule has 0 saturated carbocycles. The van der Waals surface area contributed by atoms with Crippen LogP contribution in [0.1, 0.15) is 354 Å². The number of esters is 1. The highest BCUT2D eigenvalue weighted by Gasteiger charge is 2.20. The van der Waals surface area contributed by atoms with Gasteiger partial charge in [0.1, 0.15) is 0 Å². The number of ether oxygens (including phenoxy) is 1. The number of rotatable bonds is 60. The summed E-state index contributed by atoms with van der Waals surface area (Å²) in [6, 6.07) is -0.538. The SMILES string of the molecule is CCCCC/C=C\CCCCCCCC(=O)OCCCCCCCCCCCCCC/C=C\CCCCCCCCCCCCCCCCCC(=O)NC(CO)C(O)CCCCCCCCCCCCC. The van der Waals surface area contributed by atoms with Gasteiger partial charge in [-0.1, -0.05) is 289 Å². The smallest absolute Gasteiger partial charge is 0.305 e. The van der Waals surface area contributed by atoms with Gasteiger partial charge in [-0.2, -0.15) is 0 Å². The molecule has 0 aliphatic rings. The minimum absolute atomic E-state index is 0.00770. The van der Waals surface area contributed by atoms with E-state index in [0.717, 1.165) is 44.9 Å². The molecule has 0 bridgehead atoms. The third-order valence-corrected chi connectivity index (χ3v) is 15.0. The second-order valence-electron chi connectivity index (χ2n) is 22.1. The molecule has 0 fully saturated rings. The van der Waals surface area contributed by atoms with Gasteiger partial charge in [0.15, 0.2) is 0 Å². The molecule has 3 N–H and O–H groups in total. The summed E-state index contributed by atoms with van der Waals surface area (Å²) in [6.45, 7) is 4.94. The number of allylic oxidation sites excluding steroid dienone is 4. The zero-order valence-corrected chi connectivity index (χ0v) is 48.0. The molecule has 0 aromatic rings. The van der Waals surface area contributed by atoms with Crippen molar-refractivity contribution < 1.29 is 24.5 Å². The largest absolute Gasteiger partial charge is 0.466 e. The first-order chi connectivity index (χ1) is 35.0. The number of aliphatic hydroxyl groups is 2. The van der Waals surface area contributed by atoms with E-state index < -0.39 is 12.1 Å². The number of hydrogen-bond acceptors (Lipinski definition) is 5. The summed E-state index contributed by atoms with van der Waals surface area (Å²) in [6.07, 6.45) is 75.0. The molecule has 0 heterocycles. The molecule has 0 radical (unpaired) electrons. The van der Waals surface area contributed by atoms with Gasteiger partial charge in [0.25, 0.3) is 0 Å². The zero-order chi connectivity index (χ0) is 51.4. The molecule has 2 unspecified atom stereocenters. The summed E-state index contributed by atoms with van der Waals surface area (Å²) in [5.41, 5.74) is 0. The van der Waals surface area contributed by atoms with Crippen molar-refractivity contribution in [1.82, 2.24) is 5.32 Å². The van der Waals surface area contributed by atoms with E-state index in [1.807, 2.05) is 0 Å². The van der Waals surface area contributed by atoms with Gasteiger partial charge in [-0.15, -0.1) is 0 Å². The van der Waals surface area contributed by atoms with Crippen LogP contribution >= 0.6 is 0 Å². The number of carbonyl (C=O) groups is 2. The lowest BCUT2D eigenvalue weighted by Gasteiger charge is -2.22. The van der Waals surface area contributed by atoms with E-state index >= 15 is 0 Å². The Morgan fingerprint density at radius 1 is 0.380 bits per heavy atom. The van der Waals surface area contributed by atoms with Crippen LogP contribution < -0.4 is 5.32 Å². The van der Waals surface area contributed by atoms with Crippen LogP contribution in [-0.4, -0.2) is 47.4 Å². The van der Waals surface area contributed by atoms with Crippen molar-refractivity contribution in [2.75, 3.05) is 13.2 Å². The molecular formula is C65H125NO5.